The quantitative estimate of drug-likeness (QED) is 0.170. The van der Waals surface area contributed by atoms with Gasteiger partial charge in [0.05, 0.1) is 28.4 Å². The highest BCUT2D eigenvalue weighted by atomic mass is 16.6. The van der Waals surface area contributed by atoms with Gasteiger partial charge < -0.3 is 38.3 Å². The van der Waals surface area contributed by atoms with Crippen molar-refractivity contribution in [1.82, 2.24) is 9.80 Å². The summed E-state index contributed by atoms with van der Waals surface area (Å²) in [6, 6.07) is 27.1. The summed E-state index contributed by atoms with van der Waals surface area (Å²) < 4.78 is 42.8. The molecule has 2 fully saturated rings. The predicted molar refractivity (Wildman–Crippen MR) is 266 cm³/mol. The van der Waals surface area contributed by atoms with E-state index in [0.717, 1.165) is 74.9 Å². The molecule has 11 nitrogen and oxygen atoms in total. The first-order valence-electron chi connectivity index (χ1n) is 24.9. The Morgan fingerprint density at radius 3 is 2.09 bits per heavy atom. The molecule has 2 saturated carbocycles. The second-order valence-electron chi connectivity index (χ2n) is 20.5. The maximum absolute atomic E-state index is 11.4. The normalized spacial score (nSPS) is 25.6. The molecule has 69 heavy (non-hydrogen) atoms. The van der Waals surface area contributed by atoms with Crippen molar-refractivity contribution in [3.05, 3.63) is 123 Å². The lowest BCUT2D eigenvalue weighted by molar-refractivity contribution is -0.154. The molecule has 1 N–H and O–H groups in total. The third-order valence-electron chi connectivity index (χ3n) is 16.8. The van der Waals surface area contributed by atoms with E-state index in [1.165, 1.54) is 59.6 Å². The fourth-order valence-electron chi connectivity index (χ4n) is 13.2. The minimum absolute atomic E-state index is 0.000437. The number of nitrogens with zero attached hydrogens (tertiary/aromatic N) is 2. The number of esters is 1. The molecule has 7 aliphatic rings. The lowest BCUT2D eigenvalue weighted by atomic mass is 9.55. The molecular formula is C58H68N2O9. The minimum atomic E-state index is -0.136. The number of carbonyl (C=O) groups excluding carboxylic acids is 1. The molecule has 4 aliphatic heterocycles. The standard InChI is InChI=1S/C38H42N2O6.C20H26O3/c1-39-15-13-25-20-32(42-4)34-22-28(25)29(39)17-23-7-10-27(11-8-23)45-33-19-24(9-12-31(33)41-3)18-30-36-26(14-16-40(30)2)21-35(43-5)37(44-6)38(36)46-34;1-12(21)23-19-8-7-18-17-5-3-13-11-14(22)4-6-15(13)16(17)9-10-20(18,19)2/h7-12,19-22,29-30H,13-18H2,1-6H3;4,6,11,16-19,22H,3,5,7-10H2,1-2H3. The third-order valence-corrected chi connectivity index (χ3v) is 16.8. The van der Waals surface area contributed by atoms with E-state index in [-0.39, 0.29) is 29.6 Å². The number of aromatic hydroxyl groups is 1. The van der Waals surface area contributed by atoms with Gasteiger partial charge in [0.1, 0.15) is 17.6 Å². The molecular weight excluding hydrogens is 869 g/mol. The molecule has 4 heterocycles. The Bertz CT molecular complexity index is 2720. The Labute approximate surface area is 407 Å². The summed E-state index contributed by atoms with van der Waals surface area (Å²) in [7, 11) is 11.1. The van der Waals surface area contributed by atoms with E-state index in [1.807, 2.05) is 30.3 Å². The zero-order valence-corrected chi connectivity index (χ0v) is 41.6. The average molecular weight is 937 g/mol. The number of methoxy groups -OCH3 is 4. The smallest absolute Gasteiger partial charge is 0.302 e. The van der Waals surface area contributed by atoms with Gasteiger partial charge in [-0.1, -0.05) is 31.2 Å². The number of benzene rings is 5. The van der Waals surface area contributed by atoms with Gasteiger partial charge in [-0.25, -0.2) is 0 Å². The van der Waals surface area contributed by atoms with E-state index in [0.29, 0.717) is 63.7 Å². The van der Waals surface area contributed by atoms with Crippen LogP contribution >= 0.6 is 0 Å². The maximum atomic E-state index is 11.4. The van der Waals surface area contributed by atoms with Gasteiger partial charge in [-0.05, 0) is 190 Å². The van der Waals surface area contributed by atoms with Crippen molar-refractivity contribution in [3.8, 4) is 51.7 Å². The first kappa shape index (κ1) is 46.8. The van der Waals surface area contributed by atoms with Gasteiger partial charge in [-0.2, -0.15) is 0 Å². The molecule has 0 amide bonds. The fourth-order valence-corrected chi connectivity index (χ4v) is 13.2. The molecule has 0 radical (unpaired) electrons. The number of fused-ring (bicyclic) bond motifs is 7. The molecule has 5 aromatic rings. The summed E-state index contributed by atoms with van der Waals surface area (Å²) in [4.78, 5) is 16.3. The van der Waals surface area contributed by atoms with E-state index in [1.54, 1.807) is 28.4 Å². The third kappa shape index (κ3) is 8.75. The largest absolute Gasteiger partial charge is 0.508 e. The maximum Gasteiger partial charge on any atom is 0.302 e. The lowest BCUT2D eigenvalue weighted by Crippen LogP contribution is -2.45. The molecule has 7 unspecified atom stereocenters. The number of ether oxygens (including phenoxy) is 7. The van der Waals surface area contributed by atoms with Gasteiger partial charge in [-0.15, -0.1) is 0 Å². The number of phenols is 1. The molecule has 0 saturated heterocycles. The summed E-state index contributed by atoms with van der Waals surface area (Å²) in [6.45, 7) is 5.74. The number of rotatable bonds is 5. The number of phenolic OH excluding ortho intramolecular Hbond substituents is 1. The van der Waals surface area contributed by atoms with Gasteiger partial charge in [0, 0.05) is 43.1 Å². The Hall–Kier alpha value is -5.91. The van der Waals surface area contributed by atoms with Crippen molar-refractivity contribution in [2.45, 2.75) is 102 Å². The van der Waals surface area contributed by atoms with Crippen LogP contribution in [0, 0.1) is 17.3 Å². The number of hydrogen-bond donors (Lipinski definition) is 1. The van der Waals surface area contributed by atoms with Crippen LogP contribution in [-0.2, 0) is 41.6 Å². The van der Waals surface area contributed by atoms with Crippen molar-refractivity contribution >= 4 is 5.97 Å². The highest BCUT2D eigenvalue weighted by Crippen LogP contribution is 2.62. The highest BCUT2D eigenvalue weighted by molar-refractivity contribution is 5.66. The minimum Gasteiger partial charge on any atom is -0.508 e. The average Bonchev–Trinajstić information content (AvgIpc) is 3.68. The second-order valence-corrected chi connectivity index (χ2v) is 20.5. The molecule has 7 atom stereocenters. The molecule has 12 rings (SSSR count). The van der Waals surface area contributed by atoms with Crippen LogP contribution in [-0.4, -0.2) is 82.6 Å². The summed E-state index contributed by atoms with van der Waals surface area (Å²) in [5.74, 6) is 7.64. The fraction of sp³-hybridized carbons (Fsp3) is 0.466. The molecule has 0 spiro atoms. The lowest BCUT2D eigenvalue weighted by Gasteiger charge is -2.50. The Kier molecular flexibility index (Phi) is 13.0. The number of aryl methyl sites for hydroxylation is 1. The van der Waals surface area contributed by atoms with Crippen LogP contribution in [0.2, 0.25) is 0 Å². The SMILES string of the molecule is CC(=O)OC1CCC2C3CCc4cc(O)ccc4C3CCC12C.COc1ccc2cc1Oc1ccc(cc1)CC1c3cc(c(OC)cc3CCN1C)Oc1c(OC)c(OC)cc3c1C(C2)N(C)CC3. The van der Waals surface area contributed by atoms with Crippen LogP contribution in [0.3, 0.4) is 0 Å². The molecule has 0 aromatic heterocycles. The predicted octanol–water partition coefficient (Wildman–Crippen LogP) is 11.3. The van der Waals surface area contributed by atoms with Crippen LogP contribution < -0.4 is 28.4 Å². The monoisotopic (exact) mass is 936 g/mol. The van der Waals surface area contributed by atoms with Gasteiger partial charge in [0.25, 0.3) is 0 Å². The van der Waals surface area contributed by atoms with Crippen molar-refractivity contribution < 1.29 is 43.1 Å². The molecule has 5 aromatic carbocycles. The second kappa shape index (κ2) is 19.1. The summed E-state index contributed by atoms with van der Waals surface area (Å²) >= 11 is 0. The van der Waals surface area contributed by atoms with E-state index in [2.05, 4.69) is 79.3 Å². The Morgan fingerprint density at radius 2 is 1.35 bits per heavy atom. The number of hydrogen-bond acceptors (Lipinski definition) is 11. The Balaban J connectivity index is 0.000000200. The zero-order valence-electron chi connectivity index (χ0n) is 41.6. The van der Waals surface area contributed by atoms with Crippen LogP contribution in [0.4, 0.5) is 0 Å². The van der Waals surface area contributed by atoms with Crippen LogP contribution in [0.5, 0.6) is 51.7 Å². The van der Waals surface area contributed by atoms with E-state index in [9.17, 15) is 9.90 Å². The zero-order chi connectivity index (χ0) is 48.1. The van der Waals surface area contributed by atoms with Crippen LogP contribution in [0.1, 0.15) is 108 Å². The van der Waals surface area contributed by atoms with Gasteiger partial charge in [-0.3, -0.25) is 14.6 Å². The topological polar surface area (TPSA) is 108 Å². The van der Waals surface area contributed by atoms with E-state index < -0.39 is 0 Å². The van der Waals surface area contributed by atoms with E-state index in [4.69, 9.17) is 33.2 Å². The molecule has 364 valence electrons. The van der Waals surface area contributed by atoms with Gasteiger partial charge in [0.2, 0.25) is 5.75 Å². The Morgan fingerprint density at radius 1 is 0.667 bits per heavy atom. The van der Waals surface area contributed by atoms with E-state index >= 15 is 0 Å². The van der Waals surface area contributed by atoms with Gasteiger partial charge >= 0.3 is 5.97 Å². The molecule has 6 bridgehead atoms. The van der Waals surface area contributed by atoms with Crippen molar-refractivity contribution in [2.24, 2.45) is 17.3 Å². The van der Waals surface area contributed by atoms with Crippen molar-refractivity contribution in [2.75, 3.05) is 55.6 Å². The number of likely N-dealkylation sites (N-methyl/N-ethyl adjacent to an activating group) is 2. The van der Waals surface area contributed by atoms with Crippen LogP contribution in [0.25, 0.3) is 0 Å². The summed E-state index contributed by atoms with van der Waals surface area (Å²) in [5.41, 5.74) is 10.1. The van der Waals surface area contributed by atoms with Crippen molar-refractivity contribution in [1.29, 1.82) is 0 Å². The first-order valence-corrected chi connectivity index (χ1v) is 24.9. The first-order chi connectivity index (χ1) is 33.4. The van der Waals surface area contributed by atoms with Crippen molar-refractivity contribution in [3.63, 3.8) is 0 Å². The summed E-state index contributed by atoms with van der Waals surface area (Å²) in [6.07, 6.45) is 10.3. The van der Waals surface area contributed by atoms with Gasteiger partial charge in [0.15, 0.2) is 34.5 Å². The molecule has 11 heteroatoms. The number of carbonyl (C=O) groups is 1. The molecule has 3 aliphatic carbocycles. The summed E-state index contributed by atoms with van der Waals surface area (Å²) in [5, 5.41) is 9.75. The van der Waals surface area contributed by atoms with Crippen LogP contribution in [0.15, 0.2) is 78.9 Å². The highest BCUT2D eigenvalue weighted by Gasteiger charge is 2.56.